The van der Waals surface area contributed by atoms with Crippen LogP contribution in [0.4, 0.5) is 0 Å². The number of carbonyl (C=O) groups is 1. The molecule has 2 aliphatic carbocycles. The first kappa shape index (κ1) is 17.4. The Morgan fingerprint density at radius 3 is 2.85 bits per heavy atom. The number of hydrogen-bond donors (Lipinski definition) is 2. The summed E-state index contributed by atoms with van der Waals surface area (Å²) in [5.41, 5.74) is 0.241. The van der Waals surface area contributed by atoms with Gasteiger partial charge in [0.25, 0.3) is 0 Å². The van der Waals surface area contributed by atoms with E-state index >= 15 is 0 Å². The predicted octanol–water partition coefficient (Wildman–Crippen LogP) is 2.03. The highest BCUT2D eigenvalue weighted by Gasteiger charge is 2.64. The van der Waals surface area contributed by atoms with Crippen molar-refractivity contribution in [2.24, 2.45) is 17.3 Å². The molecule has 2 bridgehead atoms. The second kappa shape index (κ2) is 5.99. The van der Waals surface area contributed by atoms with Crippen molar-refractivity contribution in [2.45, 2.75) is 37.9 Å². The summed E-state index contributed by atoms with van der Waals surface area (Å²) in [5, 5.41) is 21.5. The summed E-state index contributed by atoms with van der Waals surface area (Å²) < 4.78 is 16.5. The molecule has 0 saturated heterocycles. The molecule has 4 rings (SSSR count). The fourth-order valence-electron chi connectivity index (χ4n) is 5.47. The Bertz CT molecular complexity index is 759. The summed E-state index contributed by atoms with van der Waals surface area (Å²) in [6, 6.07) is 3.80. The number of ether oxygens (including phenoxy) is 3. The van der Waals surface area contributed by atoms with E-state index < -0.39 is 23.5 Å². The van der Waals surface area contributed by atoms with Crippen LogP contribution in [0.2, 0.25) is 0 Å². The molecule has 0 spiro atoms. The van der Waals surface area contributed by atoms with Gasteiger partial charge in [-0.2, -0.15) is 0 Å². The molecule has 26 heavy (non-hydrogen) atoms. The van der Waals surface area contributed by atoms with Gasteiger partial charge in [-0.15, -0.1) is 6.58 Å². The SMILES string of the molecule is C=CCC12CC(=O)C(O)C(C(C)[C@@H]1c1cc(OC)c3c(c1)OCO3)C2O. The summed E-state index contributed by atoms with van der Waals surface area (Å²) in [4.78, 5) is 12.4. The first-order chi connectivity index (χ1) is 12.4. The number of aliphatic hydroxyl groups is 2. The fraction of sp³-hybridized carbons (Fsp3) is 0.550. The molecule has 0 aromatic heterocycles. The number of Topliss-reactive ketones (excluding diaryl/α,β-unsaturated/α-hetero) is 1. The Labute approximate surface area is 152 Å². The minimum atomic E-state index is -1.13. The molecular formula is C20H24O6. The van der Waals surface area contributed by atoms with Crippen molar-refractivity contribution in [3.8, 4) is 17.2 Å². The predicted molar refractivity (Wildman–Crippen MR) is 93.4 cm³/mol. The largest absolute Gasteiger partial charge is 0.493 e. The number of fused-ring (bicyclic) bond motifs is 3. The van der Waals surface area contributed by atoms with Crippen LogP contribution in [0, 0.1) is 17.3 Å². The quantitative estimate of drug-likeness (QED) is 0.799. The lowest BCUT2D eigenvalue weighted by atomic mass is 9.64. The zero-order valence-electron chi connectivity index (χ0n) is 15.0. The van der Waals surface area contributed by atoms with E-state index in [1.807, 2.05) is 19.1 Å². The van der Waals surface area contributed by atoms with E-state index in [1.165, 1.54) is 0 Å². The van der Waals surface area contributed by atoms with Gasteiger partial charge < -0.3 is 24.4 Å². The third kappa shape index (κ3) is 2.15. The van der Waals surface area contributed by atoms with Gasteiger partial charge in [0.2, 0.25) is 12.5 Å². The summed E-state index contributed by atoms with van der Waals surface area (Å²) in [5.74, 6) is 0.824. The summed E-state index contributed by atoms with van der Waals surface area (Å²) in [7, 11) is 1.57. The van der Waals surface area contributed by atoms with Gasteiger partial charge in [0.15, 0.2) is 17.3 Å². The lowest BCUT2D eigenvalue weighted by molar-refractivity contribution is -0.146. The maximum atomic E-state index is 12.4. The highest BCUT2D eigenvalue weighted by Crippen LogP contribution is 2.63. The van der Waals surface area contributed by atoms with Gasteiger partial charge in [0.1, 0.15) is 6.10 Å². The summed E-state index contributed by atoms with van der Waals surface area (Å²) >= 11 is 0. The first-order valence-electron chi connectivity index (χ1n) is 8.92. The molecular weight excluding hydrogens is 336 g/mol. The third-order valence-electron chi connectivity index (χ3n) is 6.47. The number of ketones is 1. The number of benzene rings is 1. The highest BCUT2D eigenvalue weighted by atomic mass is 16.7. The normalized spacial score (nSPS) is 37.7. The van der Waals surface area contributed by atoms with Crippen LogP contribution < -0.4 is 14.2 Å². The van der Waals surface area contributed by atoms with Gasteiger partial charge in [0.05, 0.1) is 13.2 Å². The minimum absolute atomic E-state index is 0.0866. The van der Waals surface area contributed by atoms with Crippen molar-refractivity contribution in [3.63, 3.8) is 0 Å². The highest BCUT2D eigenvalue weighted by molar-refractivity contribution is 5.86. The first-order valence-corrected chi connectivity index (χ1v) is 8.92. The van der Waals surface area contributed by atoms with Crippen molar-refractivity contribution in [2.75, 3.05) is 13.9 Å². The Morgan fingerprint density at radius 1 is 1.38 bits per heavy atom. The Balaban J connectivity index is 1.87. The number of carbonyl (C=O) groups excluding carboxylic acids is 1. The number of aliphatic hydroxyl groups excluding tert-OH is 2. The molecule has 1 aliphatic heterocycles. The molecule has 6 nitrogen and oxygen atoms in total. The number of allylic oxidation sites excluding steroid dienone is 1. The standard InChI is InChI=1S/C20H24O6/c1-4-5-20-8-12(21)17(22)15(19(20)23)10(2)16(20)11-6-13(24-3)18-14(7-11)25-9-26-18/h4,6-7,10,15-17,19,22-23H,1,5,8-9H2,2-3H3/t10?,15?,16-,17?,19?,20?/m1/s1. The molecule has 0 amide bonds. The van der Waals surface area contributed by atoms with E-state index in [0.29, 0.717) is 23.7 Å². The molecule has 1 heterocycles. The number of hydrogen-bond acceptors (Lipinski definition) is 6. The Hall–Kier alpha value is -2.05. The van der Waals surface area contributed by atoms with Crippen LogP contribution in [0.3, 0.4) is 0 Å². The van der Waals surface area contributed by atoms with Crippen molar-refractivity contribution < 1.29 is 29.2 Å². The molecule has 5 unspecified atom stereocenters. The average molecular weight is 360 g/mol. The Morgan fingerprint density at radius 2 is 2.15 bits per heavy atom. The molecule has 2 N–H and O–H groups in total. The van der Waals surface area contributed by atoms with Gasteiger partial charge in [-0.05, 0) is 36.0 Å². The second-order valence-corrected chi connectivity index (χ2v) is 7.63. The van der Waals surface area contributed by atoms with Crippen LogP contribution in [0.25, 0.3) is 0 Å². The zero-order chi connectivity index (χ0) is 18.6. The maximum Gasteiger partial charge on any atom is 0.231 e. The van der Waals surface area contributed by atoms with Gasteiger partial charge >= 0.3 is 0 Å². The smallest absolute Gasteiger partial charge is 0.231 e. The van der Waals surface area contributed by atoms with Crippen LogP contribution in [0.1, 0.15) is 31.2 Å². The molecule has 6 atom stereocenters. The van der Waals surface area contributed by atoms with E-state index in [2.05, 4.69) is 6.58 Å². The molecule has 2 saturated carbocycles. The van der Waals surface area contributed by atoms with Gasteiger partial charge in [0, 0.05) is 17.8 Å². The Kier molecular flexibility index (Phi) is 4.00. The van der Waals surface area contributed by atoms with Gasteiger partial charge in [-0.1, -0.05) is 13.0 Å². The van der Waals surface area contributed by atoms with Crippen molar-refractivity contribution in [1.29, 1.82) is 0 Å². The third-order valence-corrected chi connectivity index (χ3v) is 6.47. The molecule has 3 aliphatic rings. The average Bonchev–Trinajstić information content (AvgIpc) is 3.13. The lowest BCUT2D eigenvalue weighted by Crippen LogP contribution is -2.49. The molecule has 1 aromatic carbocycles. The van der Waals surface area contributed by atoms with Crippen LogP contribution in [0.15, 0.2) is 24.8 Å². The van der Waals surface area contributed by atoms with E-state index in [-0.39, 0.29) is 30.8 Å². The zero-order valence-corrected chi connectivity index (χ0v) is 15.0. The van der Waals surface area contributed by atoms with E-state index in [4.69, 9.17) is 14.2 Å². The monoisotopic (exact) mass is 360 g/mol. The number of rotatable bonds is 4. The second-order valence-electron chi connectivity index (χ2n) is 7.63. The van der Waals surface area contributed by atoms with Gasteiger partial charge in [-0.25, -0.2) is 0 Å². The van der Waals surface area contributed by atoms with E-state index in [9.17, 15) is 15.0 Å². The topological polar surface area (TPSA) is 85.2 Å². The van der Waals surface area contributed by atoms with Crippen LogP contribution in [-0.4, -0.2) is 42.1 Å². The van der Waals surface area contributed by atoms with Crippen LogP contribution in [0.5, 0.6) is 17.2 Å². The van der Waals surface area contributed by atoms with Crippen LogP contribution in [-0.2, 0) is 4.79 Å². The van der Waals surface area contributed by atoms with E-state index in [1.54, 1.807) is 13.2 Å². The van der Waals surface area contributed by atoms with Crippen LogP contribution >= 0.6 is 0 Å². The van der Waals surface area contributed by atoms with Gasteiger partial charge in [-0.3, -0.25) is 4.79 Å². The molecule has 2 fully saturated rings. The lowest BCUT2D eigenvalue weighted by Gasteiger charge is -2.41. The van der Waals surface area contributed by atoms with E-state index in [0.717, 1.165) is 5.56 Å². The van der Waals surface area contributed by atoms with Crippen molar-refractivity contribution in [3.05, 3.63) is 30.4 Å². The minimum Gasteiger partial charge on any atom is -0.493 e. The van der Waals surface area contributed by atoms with Crippen molar-refractivity contribution >= 4 is 5.78 Å². The molecule has 0 radical (unpaired) electrons. The number of methoxy groups -OCH3 is 1. The molecule has 1 aromatic rings. The molecule has 6 heteroatoms. The van der Waals surface area contributed by atoms with Crippen molar-refractivity contribution in [1.82, 2.24) is 0 Å². The summed E-state index contributed by atoms with van der Waals surface area (Å²) in [6.07, 6.45) is 0.474. The maximum absolute atomic E-state index is 12.4. The molecule has 140 valence electrons. The fourth-order valence-corrected chi connectivity index (χ4v) is 5.47. The summed E-state index contributed by atoms with van der Waals surface area (Å²) in [6.45, 7) is 5.96.